The molecule has 35 heavy (non-hydrogen) atoms. The Labute approximate surface area is 203 Å². The summed E-state index contributed by atoms with van der Waals surface area (Å²) in [5, 5.41) is 7.56. The van der Waals surface area contributed by atoms with Crippen LogP contribution < -0.4 is 15.8 Å². The van der Waals surface area contributed by atoms with Gasteiger partial charge in [0.1, 0.15) is 17.3 Å². The maximum absolute atomic E-state index is 12.7. The summed E-state index contributed by atoms with van der Waals surface area (Å²) in [7, 11) is 0. The number of benzene rings is 4. The van der Waals surface area contributed by atoms with Gasteiger partial charge >= 0.3 is 0 Å². The molecule has 172 valence electrons. The zero-order chi connectivity index (χ0) is 24.2. The fraction of sp³-hybridized carbons (Fsp3) is 0.0345. The van der Waals surface area contributed by atoms with Crippen LogP contribution in [-0.2, 0) is 0 Å². The first-order valence-corrected chi connectivity index (χ1v) is 11.2. The van der Waals surface area contributed by atoms with Gasteiger partial charge in [-0.25, -0.2) is 4.68 Å². The van der Waals surface area contributed by atoms with E-state index in [1.54, 1.807) is 16.8 Å². The van der Waals surface area contributed by atoms with Gasteiger partial charge in [0.25, 0.3) is 5.91 Å². The van der Waals surface area contributed by atoms with Crippen molar-refractivity contribution in [3.63, 3.8) is 0 Å². The van der Waals surface area contributed by atoms with Crippen LogP contribution in [0.1, 0.15) is 15.9 Å². The second-order valence-corrected chi connectivity index (χ2v) is 8.18. The van der Waals surface area contributed by atoms with Gasteiger partial charge in [-0.05, 0) is 73.7 Å². The number of para-hydroxylation sites is 1. The lowest BCUT2D eigenvalue weighted by Gasteiger charge is -2.09. The van der Waals surface area contributed by atoms with Crippen LogP contribution >= 0.6 is 0 Å². The van der Waals surface area contributed by atoms with E-state index in [4.69, 9.17) is 10.5 Å². The van der Waals surface area contributed by atoms with Gasteiger partial charge in [0.2, 0.25) is 0 Å². The molecule has 1 aromatic heterocycles. The molecule has 0 aliphatic carbocycles. The minimum atomic E-state index is -0.206. The van der Waals surface area contributed by atoms with E-state index in [2.05, 4.69) is 16.5 Å². The Morgan fingerprint density at radius 2 is 1.54 bits per heavy atom. The van der Waals surface area contributed by atoms with Crippen LogP contribution in [0.2, 0.25) is 0 Å². The van der Waals surface area contributed by atoms with Gasteiger partial charge in [-0.15, -0.1) is 0 Å². The number of nitrogens with two attached hydrogens (primary N) is 1. The number of carbonyl (C=O) groups excluding carboxylic acids is 1. The lowest BCUT2D eigenvalue weighted by atomic mass is 10.1. The Kier molecular flexibility index (Phi) is 6.01. The van der Waals surface area contributed by atoms with E-state index in [1.807, 2.05) is 97.9 Å². The summed E-state index contributed by atoms with van der Waals surface area (Å²) >= 11 is 0. The standard InChI is InChI=1S/C29H24N4O2/c1-20-6-5-7-22(18-20)27-19-28(30)33(32-27)24-14-10-21(11-15-24)29(34)31-23-12-16-26(17-13-23)35-25-8-3-2-4-9-25/h2-19H,30H2,1H3,(H,31,34). The summed E-state index contributed by atoms with van der Waals surface area (Å²) < 4.78 is 7.46. The normalized spacial score (nSPS) is 10.7. The molecule has 0 fully saturated rings. The van der Waals surface area contributed by atoms with E-state index in [0.717, 1.165) is 28.3 Å². The molecule has 5 rings (SSSR count). The van der Waals surface area contributed by atoms with E-state index >= 15 is 0 Å². The molecule has 0 aliphatic heterocycles. The van der Waals surface area contributed by atoms with Crippen molar-refractivity contribution in [1.29, 1.82) is 0 Å². The van der Waals surface area contributed by atoms with Gasteiger partial charge in [-0.2, -0.15) is 5.10 Å². The number of aromatic nitrogens is 2. The molecule has 3 N–H and O–H groups in total. The largest absolute Gasteiger partial charge is 0.457 e. The van der Waals surface area contributed by atoms with E-state index in [0.29, 0.717) is 22.8 Å². The van der Waals surface area contributed by atoms with Gasteiger partial charge in [0, 0.05) is 22.9 Å². The van der Waals surface area contributed by atoms with Crippen molar-refractivity contribution in [1.82, 2.24) is 9.78 Å². The van der Waals surface area contributed by atoms with Crippen LogP contribution in [0.5, 0.6) is 11.5 Å². The van der Waals surface area contributed by atoms with Crippen molar-refractivity contribution < 1.29 is 9.53 Å². The van der Waals surface area contributed by atoms with E-state index in [1.165, 1.54) is 0 Å². The summed E-state index contributed by atoms with van der Waals surface area (Å²) in [5.74, 6) is 1.77. The number of nitrogens with one attached hydrogen (secondary N) is 1. The van der Waals surface area contributed by atoms with Gasteiger partial charge in [-0.1, -0.05) is 42.0 Å². The van der Waals surface area contributed by atoms with Crippen molar-refractivity contribution in [2.45, 2.75) is 6.92 Å². The second-order valence-electron chi connectivity index (χ2n) is 8.18. The number of nitrogen functional groups attached to an aromatic ring is 1. The van der Waals surface area contributed by atoms with Crippen molar-refractivity contribution in [3.05, 3.63) is 120 Å². The third kappa shape index (κ3) is 5.07. The summed E-state index contributed by atoms with van der Waals surface area (Å²) in [6.07, 6.45) is 0. The van der Waals surface area contributed by atoms with Gasteiger partial charge in [0.15, 0.2) is 0 Å². The Morgan fingerprint density at radius 3 is 2.26 bits per heavy atom. The quantitative estimate of drug-likeness (QED) is 0.304. The van der Waals surface area contributed by atoms with Crippen LogP contribution in [0, 0.1) is 6.92 Å². The third-order valence-electron chi connectivity index (χ3n) is 5.52. The van der Waals surface area contributed by atoms with Crippen LogP contribution in [0.3, 0.4) is 0 Å². The molecule has 5 aromatic rings. The number of anilines is 2. The lowest BCUT2D eigenvalue weighted by Crippen LogP contribution is -2.12. The number of ether oxygens (including phenoxy) is 1. The first-order valence-electron chi connectivity index (χ1n) is 11.2. The average Bonchev–Trinajstić information content (AvgIpc) is 3.27. The smallest absolute Gasteiger partial charge is 0.255 e. The van der Waals surface area contributed by atoms with Crippen molar-refractivity contribution in [3.8, 4) is 28.4 Å². The highest BCUT2D eigenvalue weighted by Gasteiger charge is 2.11. The Hall–Kier alpha value is -4.84. The predicted octanol–water partition coefficient (Wildman–Crippen LogP) is 6.47. The van der Waals surface area contributed by atoms with Crippen molar-refractivity contribution in [2.75, 3.05) is 11.1 Å². The first-order chi connectivity index (χ1) is 17.0. The number of hydrogen-bond donors (Lipinski definition) is 2. The van der Waals surface area contributed by atoms with E-state index in [-0.39, 0.29) is 5.91 Å². The summed E-state index contributed by atoms with van der Waals surface area (Å²) in [5.41, 5.74) is 11.2. The molecule has 0 saturated heterocycles. The first kappa shape index (κ1) is 22.0. The number of hydrogen-bond acceptors (Lipinski definition) is 4. The van der Waals surface area contributed by atoms with Gasteiger partial charge in [-0.3, -0.25) is 4.79 Å². The molecule has 0 saturated carbocycles. The van der Waals surface area contributed by atoms with Gasteiger partial charge < -0.3 is 15.8 Å². The molecule has 0 bridgehead atoms. The SMILES string of the molecule is Cc1cccc(-c2cc(N)n(-c3ccc(C(=O)Nc4ccc(Oc5ccccc5)cc4)cc3)n2)c1. The number of rotatable bonds is 6. The topological polar surface area (TPSA) is 82.2 Å². The Morgan fingerprint density at radius 1 is 0.829 bits per heavy atom. The van der Waals surface area contributed by atoms with E-state index in [9.17, 15) is 4.79 Å². The zero-order valence-electron chi connectivity index (χ0n) is 19.2. The zero-order valence-corrected chi connectivity index (χ0v) is 19.2. The number of aryl methyl sites for hydroxylation is 1. The Balaban J connectivity index is 1.26. The molecule has 0 spiro atoms. The van der Waals surface area contributed by atoms with E-state index < -0.39 is 0 Å². The summed E-state index contributed by atoms with van der Waals surface area (Å²) in [4.78, 5) is 12.7. The number of amides is 1. The highest BCUT2D eigenvalue weighted by Crippen LogP contribution is 2.25. The fourth-order valence-electron chi connectivity index (χ4n) is 3.74. The summed E-state index contributed by atoms with van der Waals surface area (Å²) in [6, 6.07) is 33.9. The van der Waals surface area contributed by atoms with Crippen LogP contribution in [0.15, 0.2) is 109 Å². The molecule has 1 amide bonds. The van der Waals surface area contributed by atoms with Crippen molar-refractivity contribution in [2.24, 2.45) is 0 Å². The fourth-order valence-corrected chi connectivity index (χ4v) is 3.74. The highest BCUT2D eigenvalue weighted by molar-refractivity contribution is 6.04. The molecule has 0 unspecified atom stereocenters. The monoisotopic (exact) mass is 460 g/mol. The van der Waals surface area contributed by atoms with Crippen LogP contribution in [0.4, 0.5) is 11.5 Å². The molecule has 6 heteroatoms. The molecule has 4 aromatic carbocycles. The molecular formula is C29H24N4O2. The third-order valence-corrected chi connectivity index (χ3v) is 5.52. The Bertz CT molecular complexity index is 1460. The maximum Gasteiger partial charge on any atom is 0.255 e. The highest BCUT2D eigenvalue weighted by atomic mass is 16.5. The molecular weight excluding hydrogens is 436 g/mol. The molecule has 0 radical (unpaired) electrons. The number of nitrogens with zero attached hydrogens (tertiary/aromatic N) is 2. The van der Waals surface area contributed by atoms with Gasteiger partial charge in [0.05, 0.1) is 11.4 Å². The second kappa shape index (κ2) is 9.57. The average molecular weight is 461 g/mol. The molecule has 0 aliphatic rings. The van der Waals surface area contributed by atoms with Crippen LogP contribution in [-0.4, -0.2) is 15.7 Å². The van der Waals surface area contributed by atoms with Crippen molar-refractivity contribution >= 4 is 17.4 Å². The molecule has 6 nitrogen and oxygen atoms in total. The molecule has 0 atom stereocenters. The predicted molar refractivity (Wildman–Crippen MR) is 139 cm³/mol. The number of carbonyl (C=O) groups is 1. The minimum absolute atomic E-state index is 0.206. The maximum atomic E-state index is 12.7. The van der Waals surface area contributed by atoms with Crippen LogP contribution in [0.25, 0.3) is 16.9 Å². The minimum Gasteiger partial charge on any atom is -0.457 e. The summed E-state index contributed by atoms with van der Waals surface area (Å²) in [6.45, 7) is 2.04. The molecule has 1 heterocycles. The lowest BCUT2D eigenvalue weighted by molar-refractivity contribution is 0.102.